The van der Waals surface area contributed by atoms with E-state index in [1.165, 1.54) is 0 Å². The van der Waals surface area contributed by atoms with E-state index in [9.17, 15) is 19.5 Å². The Bertz CT molecular complexity index is 639. The molecule has 1 aliphatic carbocycles. The van der Waals surface area contributed by atoms with Crippen LogP contribution >= 0.6 is 0 Å². The van der Waals surface area contributed by atoms with Crippen molar-refractivity contribution in [2.24, 2.45) is 5.92 Å². The lowest BCUT2D eigenvalue weighted by Crippen LogP contribution is -2.60. The van der Waals surface area contributed by atoms with Crippen LogP contribution in [0.5, 0.6) is 0 Å². The first kappa shape index (κ1) is 19.8. The normalized spacial score (nSPS) is 16.7. The van der Waals surface area contributed by atoms with Crippen molar-refractivity contribution in [1.29, 1.82) is 0 Å². The van der Waals surface area contributed by atoms with Crippen LogP contribution in [-0.2, 0) is 20.9 Å². The molecule has 0 aliphatic heterocycles. The Morgan fingerprint density at radius 3 is 2.31 bits per heavy atom. The zero-order valence-corrected chi connectivity index (χ0v) is 15.2. The lowest BCUT2D eigenvalue weighted by atomic mass is 9.94. The van der Waals surface area contributed by atoms with Crippen molar-refractivity contribution in [3.63, 3.8) is 0 Å². The van der Waals surface area contributed by atoms with Gasteiger partial charge in [0, 0.05) is 0 Å². The summed E-state index contributed by atoms with van der Waals surface area (Å²) in [6.45, 7) is 3.55. The highest BCUT2D eigenvalue weighted by atomic mass is 16.5. The monoisotopic (exact) mass is 362 g/mol. The van der Waals surface area contributed by atoms with Crippen LogP contribution < -0.4 is 10.6 Å². The van der Waals surface area contributed by atoms with Crippen molar-refractivity contribution in [3.05, 3.63) is 35.9 Å². The number of aliphatic carboxylic acids is 1. The molecule has 142 valence electrons. The SMILES string of the molecule is CC(C)[C@@H](NC(=O)C1(NC(=O)OCc2ccccc2)CCCC1)C(=O)O. The Morgan fingerprint density at radius 2 is 1.77 bits per heavy atom. The molecule has 0 saturated heterocycles. The van der Waals surface area contributed by atoms with Gasteiger partial charge in [0.15, 0.2) is 0 Å². The van der Waals surface area contributed by atoms with E-state index in [1.807, 2.05) is 30.3 Å². The van der Waals surface area contributed by atoms with E-state index in [0.29, 0.717) is 12.8 Å². The summed E-state index contributed by atoms with van der Waals surface area (Å²) in [5.41, 5.74) is -0.269. The van der Waals surface area contributed by atoms with E-state index >= 15 is 0 Å². The zero-order valence-electron chi connectivity index (χ0n) is 15.2. The van der Waals surface area contributed by atoms with E-state index in [1.54, 1.807) is 13.8 Å². The van der Waals surface area contributed by atoms with Crippen LogP contribution in [-0.4, -0.2) is 34.7 Å². The summed E-state index contributed by atoms with van der Waals surface area (Å²) in [6.07, 6.45) is 1.81. The molecule has 2 rings (SSSR count). The molecule has 3 N–H and O–H groups in total. The lowest BCUT2D eigenvalue weighted by Gasteiger charge is -2.30. The number of carbonyl (C=O) groups is 3. The molecule has 0 unspecified atom stereocenters. The first-order chi connectivity index (χ1) is 12.3. The quantitative estimate of drug-likeness (QED) is 0.691. The number of benzene rings is 1. The van der Waals surface area contributed by atoms with Gasteiger partial charge in [0.05, 0.1) is 0 Å². The molecule has 0 bridgehead atoms. The topological polar surface area (TPSA) is 105 Å². The third-order valence-corrected chi connectivity index (χ3v) is 4.67. The number of alkyl carbamates (subject to hydrolysis) is 1. The molecule has 1 fully saturated rings. The molecular formula is C19H26N2O5. The molecule has 2 amide bonds. The summed E-state index contributed by atoms with van der Waals surface area (Å²) in [5.74, 6) is -1.82. The van der Waals surface area contributed by atoms with Gasteiger partial charge in [0.2, 0.25) is 5.91 Å². The molecule has 1 atom stereocenters. The summed E-state index contributed by atoms with van der Waals surface area (Å²) in [6, 6.07) is 8.24. The number of carboxylic acids is 1. The highest BCUT2D eigenvalue weighted by Gasteiger charge is 2.44. The van der Waals surface area contributed by atoms with Crippen LogP contribution in [0, 0.1) is 5.92 Å². The third kappa shape index (κ3) is 4.97. The average Bonchev–Trinajstić information content (AvgIpc) is 3.07. The van der Waals surface area contributed by atoms with Gasteiger partial charge >= 0.3 is 12.1 Å². The number of carboxylic acid groups (broad SMARTS) is 1. The van der Waals surface area contributed by atoms with Gasteiger partial charge in [-0.15, -0.1) is 0 Å². The second-order valence-corrected chi connectivity index (χ2v) is 7.01. The fourth-order valence-corrected chi connectivity index (χ4v) is 3.13. The van der Waals surface area contributed by atoms with Crippen molar-refractivity contribution in [3.8, 4) is 0 Å². The minimum atomic E-state index is -1.11. The summed E-state index contributed by atoms with van der Waals surface area (Å²) >= 11 is 0. The number of carbonyl (C=O) groups excluding carboxylic acids is 2. The van der Waals surface area contributed by atoms with Crippen LogP contribution in [0.15, 0.2) is 30.3 Å². The van der Waals surface area contributed by atoms with E-state index in [2.05, 4.69) is 10.6 Å². The molecule has 1 saturated carbocycles. The average molecular weight is 362 g/mol. The van der Waals surface area contributed by atoms with Gasteiger partial charge in [-0.25, -0.2) is 9.59 Å². The Morgan fingerprint density at radius 1 is 1.15 bits per heavy atom. The molecule has 0 heterocycles. The van der Waals surface area contributed by atoms with E-state index < -0.39 is 29.6 Å². The van der Waals surface area contributed by atoms with Crippen molar-refractivity contribution >= 4 is 18.0 Å². The fourth-order valence-electron chi connectivity index (χ4n) is 3.13. The molecule has 0 aromatic heterocycles. The smallest absolute Gasteiger partial charge is 0.408 e. The maximum atomic E-state index is 12.8. The second-order valence-electron chi connectivity index (χ2n) is 7.01. The highest BCUT2D eigenvalue weighted by Crippen LogP contribution is 2.30. The Labute approximate surface area is 153 Å². The molecule has 1 aromatic rings. The number of hydrogen-bond donors (Lipinski definition) is 3. The number of hydrogen-bond acceptors (Lipinski definition) is 4. The summed E-state index contributed by atoms with van der Waals surface area (Å²) < 4.78 is 5.22. The fraction of sp³-hybridized carbons (Fsp3) is 0.526. The molecule has 1 aromatic carbocycles. The van der Waals surface area contributed by atoms with E-state index in [0.717, 1.165) is 18.4 Å². The van der Waals surface area contributed by atoms with Crippen LogP contribution in [0.2, 0.25) is 0 Å². The molecule has 7 heteroatoms. The van der Waals surface area contributed by atoms with Gasteiger partial charge in [-0.05, 0) is 24.3 Å². The van der Waals surface area contributed by atoms with Gasteiger partial charge in [0.1, 0.15) is 18.2 Å². The van der Waals surface area contributed by atoms with E-state index in [-0.39, 0.29) is 12.5 Å². The Kier molecular flexibility index (Phi) is 6.60. The first-order valence-electron chi connectivity index (χ1n) is 8.87. The Balaban J connectivity index is 2.00. The van der Waals surface area contributed by atoms with Crippen molar-refractivity contribution < 1.29 is 24.2 Å². The largest absolute Gasteiger partial charge is 0.480 e. The van der Waals surface area contributed by atoms with Crippen LogP contribution in [0.25, 0.3) is 0 Å². The maximum absolute atomic E-state index is 12.8. The molecule has 7 nitrogen and oxygen atoms in total. The van der Waals surface area contributed by atoms with Gasteiger partial charge < -0.3 is 20.5 Å². The predicted molar refractivity (Wildman–Crippen MR) is 95.4 cm³/mol. The number of amides is 2. The van der Waals surface area contributed by atoms with Crippen LogP contribution in [0.1, 0.15) is 45.1 Å². The lowest BCUT2D eigenvalue weighted by molar-refractivity contribution is -0.144. The number of rotatable bonds is 7. The molecule has 26 heavy (non-hydrogen) atoms. The standard InChI is InChI=1S/C19H26N2O5/c1-13(2)15(16(22)23)20-17(24)19(10-6-7-11-19)21-18(25)26-12-14-8-4-3-5-9-14/h3-5,8-9,13,15H,6-7,10-12H2,1-2H3,(H,20,24)(H,21,25)(H,22,23)/t15-/m1/s1. The van der Waals surface area contributed by atoms with E-state index in [4.69, 9.17) is 4.74 Å². The first-order valence-corrected chi connectivity index (χ1v) is 8.87. The van der Waals surface area contributed by atoms with Crippen LogP contribution in [0.4, 0.5) is 4.79 Å². The minimum Gasteiger partial charge on any atom is -0.480 e. The highest BCUT2D eigenvalue weighted by molar-refractivity contribution is 5.93. The number of ether oxygens (including phenoxy) is 1. The van der Waals surface area contributed by atoms with Gasteiger partial charge in [0.25, 0.3) is 0 Å². The van der Waals surface area contributed by atoms with Crippen molar-refractivity contribution in [2.45, 2.75) is 57.7 Å². The van der Waals surface area contributed by atoms with Crippen molar-refractivity contribution in [2.75, 3.05) is 0 Å². The van der Waals surface area contributed by atoms with Crippen LogP contribution in [0.3, 0.4) is 0 Å². The maximum Gasteiger partial charge on any atom is 0.408 e. The molecule has 1 aliphatic rings. The molecular weight excluding hydrogens is 336 g/mol. The summed E-state index contributed by atoms with van der Waals surface area (Å²) in [4.78, 5) is 36.3. The van der Waals surface area contributed by atoms with Gasteiger partial charge in [-0.3, -0.25) is 4.79 Å². The van der Waals surface area contributed by atoms with Gasteiger partial charge in [-0.1, -0.05) is 57.0 Å². The summed E-state index contributed by atoms with van der Waals surface area (Å²) in [5, 5.41) is 14.5. The van der Waals surface area contributed by atoms with Crippen molar-refractivity contribution in [1.82, 2.24) is 10.6 Å². The Hall–Kier alpha value is -2.57. The third-order valence-electron chi connectivity index (χ3n) is 4.67. The zero-order chi connectivity index (χ0) is 19.2. The number of nitrogens with one attached hydrogen (secondary N) is 2. The molecule has 0 radical (unpaired) electrons. The second kappa shape index (κ2) is 8.69. The van der Waals surface area contributed by atoms with Gasteiger partial charge in [-0.2, -0.15) is 0 Å². The predicted octanol–water partition coefficient (Wildman–Crippen LogP) is 2.45. The molecule has 0 spiro atoms. The minimum absolute atomic E-state index is 0.105. The summed E-state index contributed by atoms with van der Waals surface area (Å²) in [7, 11) is 0.